The van der Waals surface area contributed by atoms with E-state index in [0.717, 1.165) is 21.8 Å². The molecule has 31 heavy (non-hydrogen) atoms. The predicted molar refractivity (Wildman–Crippen MR) is 112 cm³/mol. The van der Waals surface area contributed by atoms with Crippen molar-refractivity contribution in [3.05, 3.63) is 48.0 Å². The Morgan fingerprint density at radius 2 is 1.81 bits per heavy atom. The third kappa shape index (κ3) is 4.63. The molecule has 0 aromatic heterocycles. The number of nitrogens with zero attached hydrogens (tertiary/aromatic N) is 2. The first-order valence-corrected chi connectivity index (χ1v) is 10.5. The summed E-state index contributed by atoms with van der Waals surface area (Å²) < 4.78 is 5.79. The van der Waals surface area contributed by atoms with Crippen LogP contribution in [0.3, 0.4) is 0 Å². The van der Waals surface area contributed by atoms with Crippen molar-refractivity contribution in [1.29, 1.82) is 0 Å². The van der Waals surface area contributed by atoms with Crippen LogP contribution in [0.25, 0.3) is 0 Å². The van der Waals surface area contributed by atoms with Gasteiger partial charge in [0.25, 0.3) is 0 Å². The van der Waals surface area contributed by atoms with Crippen LogP contribution in [0.5, 0.6) is 0 Å². The number of likely N-dealkylation sites (tertiary alicyclic amines) is 1. The van der Waals surface area contributed by atoms with Crippen molar-refractivity contribution in [2.45, 2.75) is 43.6 Å². The Morgan fingerprint density at radius 1 is 1.19 bits per heavy atom. The molecule has 3 atom stereocenters. The number of hydrogen-bond acceptors (Lipinski definition) is 7. The number of esters is 1. The van der Waals surface area contributed by atoms with Gasteiger partial charge in [0.15, 0.2) is 6.04 Å². The second-order valence-electron chi connectivity index (χ2n) is 7.30. The second kappa shape index (κ2) is 9.34. The lowest BCUT2D eigenvalue weighted by atomic mass is 9.99. The standard InChI is InChI=1S/C21H23N3O6S/c1-12(2)18(21(29)30-3)23-19(28)17(20(23)31-24-15(26)9-10-16(24)27)22-14(25)11-13-7-5-4-6-8-13/h4-8,17-18,20H,1,9-11H2,2-3H3,(H,22,25). The predicted octanol–water partition coefficient (Wildman–Crippen LogP) is 0.797. The van der Waals surface area contributed by atoms with Gasteiger partial charge in [-0.05, 0) is 30.0 Å². The first-order chi connectivity index (χ1) is 14.7. The summed E-state index contributed by atoms with van der Waals surface area (Å²) >= 11 is 0.828. The van der Waals surface area contributed by atoms with Crippen LogP contribution in [0.2, 0.25) is 0 Å². The molecule has 3 rings (SSSR count). The van der Waals surface area contributed by atoms with Crippen molar-refractivity contribution in [3.63, 3.8) is 0 Å². The van der Waals surface area contributed by atoms with Crippen molar-refractivity contribution in [2.24, 2.45) is 0 Å². The molecule has 1 aromatic rings. The van der Waals surface area contributed by atoms with Gasteiger partial charge in [-0.2, -0.15) is 0 Å². The SMILES string of the molecule is C=C(C)C(C(=O)OC)N1C(=O)C(NC(=O)Cc2ccccc2)C1SN1C(=O)CCC1=O. The minimum absolute atomic E-state index is 0.0600. The van der Waals surface area contributed by atoms with E-state index in [0.29, 0.717) is 5.57 Å². The summed E-state index contributed by atoms with van der Waals surface area (Å²) in [6.07, 6.45) is 0.224. The lowest BCUT2D eigenvalue weighted by molar-refractivity contribution is -0.161. The van der Waals surface area contributed by atoms with Crippen LogP contribution in [-0.4, -0.2) is 63.4 Å². The van der Waals surface area contributed by atoms with E-state index in [4.69, 9.17) is 4.74 Å². The van der Waals surface area contributed by atoms with Crippen LogP contribution in [0.4, 0.5) is 0 Å². The molecule has 1 aromatic carbocycles. The van der Waals surface area contributed by atoms with E-state index in [-0.39, 0.29) is 37.0 Å². The van der Waals surface area contributed by atoms with Crippen LogP contribution in [0.1, 0.15) is 25.3 Å². The van der Waals surface area contributed by atoms with Gasteiger partial charge in [-0.15, -0.1) is 0 Å². The zero-order chi connectivity index (χ0) is 22.7. The van der Waals surface area contributed by atoms with Crippen LogP contribution < -0.4 is 5.32 Å². The van der Waals surface area contributed by atoms with Crippen molar-refractivity contribution in [3.8, 4) is 0 Å². The van der Waals surface area contributed by atoms with Crippen LogP contribution in [0, 0.1) is 0 Å². The maximum atomic E-state index is 12.9. The normalized spacial score (nSPS) is 21.5. The molecular formula is C21H23N3O6S. The lowest BCUT2D eigenvalue weighted by Crippen LogP contribution is -2.73. The fraction of sp³-hybridized carbons (Fsp3) is 0.381. The average Bonchev–Trinajstić information content (AvgIpc) is 3.06. The molecule has 2 heterocycles. The molecule has 164 valence electrons. The lowest BCUT2D eigenvalue weighted by Gasteiger charge is -2.49. The van der Waals surface area contributed by atoms with E-state index in [1.165, 1.54) is 12.0 Å². The number of benzene rings is 1. The fourth-order valence-electron chi connectivity index (χ4n) is 3.46. The molecule has 4 amide bonds. The van der Waals surface area contributed by atoms with E-state index in [2.05, 4.69) is 11.9 Å². The van der Waals surface area contributed by atoms with E-state index in [1.54, 1.807) is 31.2 Å². The highest BCUT2D eigenvalue weighted by Crippen LogP contribution is 2.38. The molecule has 1 N–H and O–H groups in total. The van der Waals surface area contributed by atoms with Gasteiger partial charge >= 0.3 is 5.97 Å². The summed E-state index contributed by atoms with van der Waals surface area (Å²) in [4.78, 5) is 63.1. The third-order valence-electron chi connectivity index (χ3n) is 4.99. The Hall–Kier alpha value is -3.14. The number of carbonyl (C=O) groups excluding carboxylic acids is 5. The third-order valence-corrected chi connectivity index (χ3v) is 6.33. The molecule has 2 aliphatic heterocycles. The van der Waals surface area contributed by atoms with Crippen molar-refractivity contribution < 1.29 is 28.7 Å². The first-order valence-electron chi connectivity index (χ1n) is 9.65. The largest absolute Gasteiger partial charge is 0.467 e. The minimum atomic E-state index is -1.09. The van der Waals surface area contributed by atoms with Gasteiger partial charge in [-0.1, -0.05) is 36.9 Å². The van der Waals surface area contributed by atoms with Crippen LogP contribution in [-0.2, 0) is 35.1 Å². The molecule has 0 spiro atoms. The molecule has 0 aliphatic carbocycles. The van der Waals surface area contributed by atoms with Gasteiger partial charge in [0.05, 0.1) is 13.5 Å². The molecule has 3 unspecified atom stereocenters. The van der Waals surface area contributed by atoms with E-state index in [9.17, 15) is 24.0 Å². The Morgan fingerprint density at radius 3 is 2.35 bits per heavy atom. The Balaban J connectivity index is 1.81. The summed E-state index contributed by atoms with van der Waals surface area (Å²) in [5, 5.41) is 1.82. The summed E-state index contributed by atoms with van der Waals surface area (Å²) in [6.45, 7) is 5.33. The number of hydrogen-bond donors (Lipinski definition) is 1. The monoisotopic (exact) mass is 445 g/mol. The summed E-state index contributed by atoms with van der Waals surface area (Å²) in [5.74, 6) is -2.36. The van der Waals surface area contributed by atoms with Crippen LogP contribution in [0.15, 0.2) is 42.5 Å². The average molecular weight is 445 g/mol. The maximum absolute atomic E-state index is 12.9. The molecule has 2 aliphatic rings. The fourth-order valence-corrected chi connectivity index (χ4v) is 4.72. The van der Waals surface area contributed by atoms with Crippen LogP contribution >= 0.6 is 11.9 Å². The van der Waals surface area contributed by atoms with Gasteiger partial charge in [-0.3, -0.25) is 19.2 Å². The number of amides is 4. The molecule has 0 saturated carbocycles. The zero-order valence-corrected chi connectivity index (χ0v) is 18.0. The van der Waals surface area contributed by atoms with E-state index < -0.39 is 29.3 Å². The highest BCUT2D eigenvalue weighted by atomic mass is 32.2. The van der Waals surface area contributed by atoms with E-state index in [1.807, 2.05) is 6.07 Å². The smallest absolute Gasteiger partial charge is 0.332 e. The number of carbonyl (C=O) groups is 5. The van der Waals surface area contributed by atoms with Crippen molar-refractivity contribution >= 4 is 41.5 Å². The molecule has 0 radical (unpaired) electrons. The van der Waals surface area contributed by atoms with Crippen molar-refractivity contribution in [2.75, 3.05) is 7.11 Å². The number of β-lactam (4-membered cyclic amide) rings is 1. The quantitative estimate of drug-likeness (QED) is 0.207. The van der Waals surface area contributed by atoms with Gasteiger partial charge in [0.2, 0.25) is 23.6 Å². The van der Waals surface area contributed by atoms with Crippen molar-refractivity contribution in [1.82, 2.24) is 14.5 Å². The molecule has 0 bridgehead atoms. The van der Waals surface area contributed by atoms with Gasteiger partial charge < -0.3 is 15.0 Å². The topological polar surface area (TPSA) is 113 Å². The number of ether oxygens (including phenoxy) is 1. The van der Waals surface area contributed by atoms with Gasteiger partial charge in [0.1, 0.15) is 11.4 Å². The summed E-state index contributed by atoms with van der Waals surface area (Å²) in [6, 6.07) is 6.91. The highest BCUT2D eigenvalue weighted by Gasteiger charge is 2.55. The Labute approximate surface area is 183 Å². The molecule has 10 heteroatoms. The molecule has 2 saturated heterocycles. The first kappa shape index (κ1) is 22.5. The summed E-state index contributed by atoms with van der Waals surface area (Å²) in [5.41, 5.74) is 1.13. The molecule has 2 fully saturated rings. The van der Waals surface area contributed by atoms with Gasteiger partial charge in [0, 0.05) is 12.8 Å². The van der Waals surface area contributed by atoms with Gasteiger partial charge in [-0.25, -0.2) is 9.10 Å². The molecule has 9 nitrogen and oxygen atoms in total. The number of rotatable bonds is 8. The number of nitrogens with one attached hydrogen (secondary N) is 1. The Bertz CT molecular complexity index is 918. The second-order valence-corrected chi connectivity index (χ2v) is 8.36. The minimum Gasteiger partial charge on any atom is -0.467 e. The molecular weight excluding hydrogens is 422 g/mol. The highest BCUT2D eigenvalue weighted by molar-refractivity contribution is 7.98. The maximum Gasteiger partial charge on any atom is 0.332 e. The van der Waals surface area contributed by atoms with E-state index >= 15 is 0 Å². The zero-order valence-electron chi connectivity index (χ0n) is 17.2. The number of methoxy groups -OCH3 is 1. The summed E-state index contributed by atoms with van der Waals surface area (Å²) in [7, 11) is 1.19. The Kier molecular flexibility index (Phi) is 6.79. The number of imide groups is 1.